The smallest absolute Gasteiger partial charge is 0.119 e. The van der Waals surface area contributed by atoms with Crippen LogP contribution in [0.4, 0.5) is 0 Å². The maximum Gasteiger partial charge on any atom is 0.119 e. The van der Waals surface area contributed by atoms with E-state index in [0.29, 0.717) is 25.1 Å². The summed E-state index contributed by atoms with van der Waals surface area (Å²) in [5, 5.41) is 0. The van der Waals surface area contributed by atoms with Crippen molar-refractivity contribution in [2.45, 2.75) is 19.4 Å². The van der Waals surface area contributed by atoms with Crippen molar-refractivity contribution in [1.29, 1.82) is 0 Å². The first-order valence-corrected chi connectivity index (χ1v) is 7.44. The van der Waals surface area contributed by atoms with Gasteiger partial charge < -0.3 is 15.2 Å². The van der Waals surface area contributed by atoms with Gasteiger partial charge >= 0.3 is 0 Å². The Kier molecular flexibility index (Phi) is 5.83. The number of benzene rings is 1. The molecule has 0 bridgehead atoms. The molecular weight excluding hydrogens is 252 g/mol. The summed E-state index contributed by atoms with van der Waals surface area (Å²) >= 11 is 0. The van der Waals surface area contributed by atoms with E-state index in [1.807, 2.05) is 19.1 Å². The average molecular weight is 278 g/mol. The number of nitrogens with zero attached hydrogens (tertiary/aromatic N) is 1. The molecule has 0 radical (unpaired) electrons. The second-order valence-electron chi connectivity index (χ2n) is 5.36. The summed E-state index contributed by atoms with van der Waals surface area (Å²) in [7, 11) is 1.77. The van der Waals surface area contributed by atoms with E-state index in [2.05, 4.69) is 17.0 Å². The van der Waals surface area contributed by atoms with Crippen molar-refractivity contribution in [1.82, 2.24) is 4.90 Å². The van der Waals surface area contributed by atoms with Gasteiger partial charge in [-0.25, -0.2) is 0 Å². The zero-order valence-electron chi connectivity index (χ0n) is 12.5. The van der Waals surface area contributed by atoms with Gasteiger partial charge in [-0.1, -0.05) is 12.1 Å². The third-order valence-electron chi connectivity index (χ3n) is 3.96. The highest BCUT2D eigenvalue weighted by atomic mass is 16.5. The van der Waals surface area contributed by atoms with Crippen LogP contribution in [-0.4, -0.2) is 44.9 Å². The van der Waals surface area contributed by atoms with Crippen LogP contribution < -0.4 is 10.5 Å². The molecule has 0 aliphatic carbocycles. The molecule has 1 aromatic rings. The first-order valence-electron chi connectivity index (χ1n) is 7.44. The van der Waals surface area contributed by atoms with E-state index in [1.165, 1.54) is 12.0 Å². The molecule has 2 unspecified atom stereocenters. The molecule has 0 aromatic heterocycles. The Morgan fingerprint density at radius 1 is 1.35 bits per heavy atom. The van der Waals surface area contributed by atoms with E-state index in [4.69, 9.17) is 15.2 Å². The molecule has 0 amide bonds. The second kappa shape index (κ2) is 7.62. The van der Waals surface area contributed by atoms with Gasteiger partial charge in [0.1, 0.15) is 5.75 Å². The molecule has 1 aliphatic heterocycles. The standard InChI is InChI=1S/C16H26N2O2/c1-3-20-15-6-4-14(5-7-15)16(10-17)18-9-8-13(11-18)12-19-2/h4-7,13,16H,3,8-12,17H2,1-2H3. The minimum atomic E-state index is 0.299. The molecule has 0 saturated carbocycles. The molecule has 2 N–H and O–H groups in total. The summed E-state index contributed by atoms with van der Waals surface area (Å²) < 4.78 is 10.7. The molecule has 0 spiro atoms. The van der Waals surface area contributed by atoms with Crippen LogP contribution in [0.15, 0.2) is 24.3 Å². The quantitative estimate of drug-likeness (QED) is 0.829. The highest BCUT2D eigenvalue weighted by Gasteiger charge is 2.28. The fourth-order valence-electron chi connectivity index (χ4n) is 2.97. The van der Waals surface area contributed by atoms with Gasteiger partial charge in [-0.2, -0.15) is 0 Å². The normalized spacial score (nSPS) is 21.1. The topological polar surface area (TPSA) is 47.7 Å². The third-order valence-corrected chi connectivity index (χ3v) is 3.96. The maximum atomic E-state index is 6.00. The number of nitrogens with two attached hydrogens (primary N) is 1. The van der Waals surface area contributed by atoms with Crippen LogP contribution in [0.5, 0.6) is 5.75 Å². The predicted molar refractivity (Wildman–Crippen MR) is 81.0 cm³/mol. The lowest BCUT2D eigenvalue weighted by Crippen LogP contribution is -2.32. The van der Waals surface area contributed by atoms with Crippen molar-refractivity contribution in [3.63, 3.8) is 0 Å². The summed E-state index contributed by atoms with van der Waals surface area (Å²) in [6, 6.07) is 8.62. The molecule has 2 atom stereocenters. The van der Waals surface area contributed by atoms with Crippen LogP contribution in [0.1, 0.15) is 24.9 Å². The lowest BCUT2D eigenvalue weighted by molar-refractivity contribution is 0.147. The molecule has 2 rings (SSSR count). The summed E-state index contributed by atoms with van der Waals surface area (Å²) in [5.41, 5.74) is 7.27. The minimum Gasteiger partial charge on any atom is -0.494 e. The van der Waals surface area contributed by atoms with E-state index in [9.17, 15) is 0 Å². The number of rotatable bonds is 7. The number of hydrogen-bond acceptors (Lipinski definition) is 4. The minimum absolute atomic E-state index is 0.299. The first kappa shape index (κ1) is 15.3. The Labute approximate surface area is 121 Å². The van der Waals surface area contributed by atoms with Gasteiger partial charge in [0.25, 0.3) is 0 Å². The summed E-state index contributed by atoms with van der Waals surface area (Å²) in [4.78, 5) is 2.47. The monoisotopic (exact) mass is 278 g/mol. The summed E-state index contributed by atoms with van der Waals surface area (Å²) in [6.07, 6.45) is 1.20. The van der Waals surface area contributed by atoms with Crippen molar-refractivity contribution in [2.24, 2.45) is 11.7 Å². The van der Waals surface area contributed by atoms with E-state index < -0.39 is 0 Å². The Bertz CT molecular complexity index is 394. The molecule has 1 heterocycles. The van der Waals surface area contributed by atoms with Crippen molar-refractivity contribution in [3.8, 4) is 5.75 Å². The Morgan fingerprint density at radius 2 is 2.10 bits per heavy atom. The summed E-state index contributed by atoms with van der Waals surface area (Å²) in [5.74, 6) is 1.56. The van der Waals surface area contributed by atoms with E-state index in [1.54, 1.807) is 7.11 Å². The Morgan fingerprint density at radius 3 is 2.70 bits per heavy atom. The molecule has 4 heteroatoms. The molecule has 20 heavy (non-hydrogen) atoms. The van der Waals surface area contributed by atoms with Crippen LogP contribution in [0, 0.1) is 5.92 Å². The van der Waals surface area contributed by atoms with Crippen molar-refractivity contribution < 1.29 is 9.47 Å². The van der Waals surface area contributed by atoms with E-state index in [-0.39, 0.29) is 0 Å². The van der Waals surface area contributed by atoms with E-state index in [0.717, 1.165) is 25.4 Å². The van der Waals surface area contributed by atoms with Crippen molar-refractivity contribution >= 4 is 0 Å². The van der Waals surface area contributed by atoms with Crippen molar-refractivity contribution in [2.75, 3.05) is 40.0 Å². The van der Waals surface area contributed by atoms with Gasteiger partial charge in [0.05, 0.1) is 13.2 Å². The Hall–Kier alpha value is -1.10. The lowest BCUT2D eigenvalue weighted by Gasteiger charge is -2.27. The van der Waals surface area contributed by atoms with Gasteiger partial charge in [-0.3, -0.25) is 4.90 Å². The molecule has 1 fully saturated rings. The summed E-state index contributed by atoms with van der Waals surface area (Å²) in [6.45, 7) is 6.36. The highest BCUT2D eigenvalue weighted by Crippen LogP contribution is 2.28. The first-order chi connectivity index (χ1) is 9.78. The molecule has 4 nitrogen and oxygen atoms in total. The number of methoxy groups -OCH3 is 1. The van der Waals surface area contributed by atoms with Gasteiger partial charge in [-0.05, 0) is 43.5 Å². The van der Waals surface area contributed by atoms with Crippen LogP contribution in [0.3, 0.4) is 0 Å². The average Bonchev–Trinajstić information content (AvgIpc) is 2.91. The van der Waals surface area contributed by atoms with Crippen LogP contribution in [0.2, 0.25) is 0 Å². The zero-order chi connectivity index (χ0) is 14.4. The Balaban J connectivity index is 2.01. The molecule has 1 aromatic carbocycles. The largest absolute Gasteiger partial charge is 0.494 e. The van der Waals surface area contributed by atoms with Crippen LogP contribution >= 0.6 is 0 Å². The van der Waals surface area contributed by atoms with Gasteiger partial charge in [0.2, 0.25) is 0 Å². The van der Waals surface area contributed by atoms with Crippen molar-refractivity contribution in [3.05, 3.63) is 29.8 Å². The molecule has 1 aliphatic rings. The number of likely N-dealkylation sites (tertiary alicyclic amines) is 1. The van der Waals surface area contributed by atoms with Gasteiger partial charge in [0.15, 0.2) is 0 Å². The zero-order valence-corrected chi connectivity index (χ0v) is 12.5. The third kappa shape index (κ3) is 3.72. The SMILES string of the molecule is CCOc1ccc(C(CN)N2CCC(COC)C2)cc1. The predicted octanol–water partition coefficient (Wildman–Crippen LogP) is 2.05. The van der Waals surface area contributed by atoms with E-state index >= 15 is 0 Å². The molecular formula is C16H26N2O2. The van der Waals surface area contributed by atoms with Crippen LogP contribution in [0.25, 0.3) is 0 Å². The second-order valence-corrected chi connectivity index (χ2v) is 5.36. The highest BCUT2D eigenvalue weighted by molar-refractivity contribution is 5.29. The lowest BCUT2D eigenvalue weighted by atomic mass is 10.1. The maximum absolute atomic E-state index is 6.00. The van der Waals surface area contributed by atoms with Crippen LogP contribution in [-0.2, 0) is 4.74 Å². The molecule has 1 saturated heterocycles. The van der Waals surface area contributed by atoms with Gasteiger partial charge in [0, 0.05) is 26.2 Å². The van der Waals surface area contributed by atoms with Gasteiger partial charge in [-0.15, -0.1) is 0 Å². The fraction of sp³-hybridized carbons (Fsp3) is 0.625. The fourth-order valence-corrected chi connectivity index (χ4v) is 2.97. The molecule has 112 valence electrons. The number of ether oxygens (including phenoxy) is 2. The number of hydrogen-bond donors (Lipinski definition) is 1.